The molecule has 0 atom stereocenters. The van der Waals surface area contributed by atoms with Crippen molar-refractivity contribution in [3.8, 4) is 0 Å². The van der Waals surface area contributed by atoms with Gasteiger partial charge in [-0.1, -0.05) is 49.6 Å². The van der Waals surface area contributed by atoms with Crippen LogP contribution in [0.4, 0.5) is 0 Å². The molecule has 2 aliphatic carbocycles. The van der Waals surface area contributed by atoms with Gasteiger partial charge in [0.05, 0.1) is 6.61 Å². The van der Waals surface area contributed by atoms with Gasteiger partial charge in [0, 0.05) is 12.0 Å². The number of carbonyl (C=O) groups is 2. The normalized spacial score (nSPS) is 19.8. The molecule has 1 amide bonds. The molecular formula is C17H23NO3. The maximum absolute atomic E-state index is 12.4. The van der Waals surface area contributed by atoms with Crippen molar-refractivity contribution in [3.05, 3.63) is 36.0 Å². The summed E-state index contributed by atoms with van der Waals surface area (Å²) in [5.74, 6) is -0.866. The zero-order valence-electron chi connectivity index (χ0n) is 12.5. The van der Waals surface area contributed by atoms with E-state index >= 15 is 0 Å². The van der Waals surface area contributed by atoms with Crippen LogP contribution in [0.1, 0.15) is 39.0 Å². The molecule has 0 aromatic carbocycles. The molecule has 0 saturated heterocycles. The van der Waals surface area contributed by atoms with Gasteiger partial charge in [0.15, 0.2) is 0 Å². The van der Waals surface area contributed by atoms with E-state index in [9.17, 15) is 9.59 Å². The van der Waals surface area contributed by atoms with Crippen LogP contribution in [-0.4, -0.2) is 24.5 Å². The fourth-order valence-corrected chi connectivity index (χ4v) is 2.71. The highest BCUT2D eigenvalue weighted by Crippen LogP contribution is 2.19. The first-order valence-electron chi connectivity index (χ1n) is 7.75. The Morgan fingerprint density at radius 2 is 1.86 bits per heavy atom. The Kier molecular flexibility index (Phi) is 5.78. The van der Waals surface area contributed by atoms with Crippen LogP contribution >= 0.6 is 0 Å². The maximum atomic E-state index is 12.4. The Hall–Kier alpha value is -1.84. The summed E-state index contributed by atoms with van der Waals surface area (Å²) in [4.78, 5) is 24.4. The second kappa shape index (κ2) is 7.81. The first-order chi connectivity index (χ1) is 10.2. The lowest BCUT2D eigenvalue weighted by atomic mass is 9.95. The molecule has 21 heavy (non-hydrogen) atoms. The molecule has 0 bridgehead atoms. The molecule has 2 aliphatic rings. The van der Waals surface area contributed by atoms with Crippen molar-refractivity contribution < 1.29 is 14.3 Å². The summed E-state index contributed by atoms with van der Waals surface area (Å²) < 4.78 is 5.01. The van der Waals surface area contributed by atoms with E-state index in [1.165, 1.54) is 6.42 Å². The SMILES string of the molecule is CCOC(=O)/C(=C/C1C=CC=C1)C(=O)NC1CCCCC1. The number of hydrogen-bond donors (Lipinski definition) is 1. The summed E-state index contributed by atoms with van der Waals surface area (Å²) in [6.45, 7) is 2.01. The molecule has 4 heteroatoms. The van der Waals surface area contributed by atoms with Crippen molar-refractivity contribution >= 4 is 11.9 Å². The first kappa shape index (κ1) is 15.5. The topological polar surface area (TPSA) is 55.4 Å². The van der Waals surface area contributed by atoms with Gasteiger partial charge in [-0.3, -0.25) is 4.79 Å². The number of esters is 1. The number of nitrogens with one attached hydrogen (secondary N) is 1. The standard InChI is InChI=1S/C17H23NO3/c1-2-21-17(20)15(12-13-8-6-7-9-13)16(19)18-14-10-4-3-5-11-14/h6-9,12-14H,2-5,10-11H2,1H3,(H,18,19)/b15-12+. The largest absolute Gasteiger partial charge is 0.462 e. The van der Waals surface area contributed by atoms with Crippen molar-refractivity contribution in [2.45, 2.75) is 45.1 Å². The van der Waals surface area contributed by atoms with Crippen molar-refractivity contribution in [1.29, 1.82) is 0 Å². The number of ether oxygens (including phenoxy) is 1. The maximum Gasteiger partial charge on any atom is 0.343 e. The van der Waals surface area contributed by atoms with Gasteiger partial charge in [-0.25, -0.2) is 4.79 Å². The molecule has 0 unspecified atom stereocenters. The van der Waals surface area contributed by atoms with E-state index in [0.717, 1.165) is 25.7 Å². The Morgan fingerprint density at radius 3 is 2.48 bits per heavy atom. The van der Waals surface area contributed by atoms with Gasteiger partial charge in [-0.2, -0.15) is 0 Å². The molecule has 114 valence electrons. The average Bonchev–Trinajstić information content (AvgIpc) is 2.99. The number of carbonyl (C=O) groups excluding carboxylic acids is 2. The van der Waals surface area contributed by atoms with E-state index in [2.05, 4.69) is 5.32 Å². The minimum absolute atomic E-state index is 0.0125. The van der Waals surface area contributed by atoms with Gasteiger partial charge < -0.3 is 10.1 Å². The van der Waals surface area contributed by atoms with Crippen LogP contribution in [0, 0.1) is 5.92 Å². The van der Waals surface area contributed by atoms with E-state index in [4.69, 9.17) is 4.74 Å². The zero-order valence-corrected chi connectivity index (χ0v) is 12.5. The third kappa shape index (κ3) is 4.59. The summed E-state index contributed by atoms with van der Waals surface area (Å²) in [6.07, 6.45) is 14.8. The molecule has 2 rings (SSSR count). The summed E-state index contributed by atoms with van der Waals surface area (Å²) in [5.41, 5.74) is 0.114. The smallest absolute Gasteiger partial charge is 0.343 e. The van der Waals surface area contributed by atoms with Crippen LogP contribution in [0.25, 0.3) is 0 Å². The summed E-state index contributed by atoms with van der Waals surface area (Å²) in [5, 5.41) is 2.98. The molecule has 1 N–H and O–H groups in total. The van der Waals surface area contributed by atoms with Crippen LogP contribution in [-0.2, 0) is 14.3 Å². The van der Waals surface area contributed by atoms with Crippen LogP contribution in [0.3, 0.4) is 0 Å². The van der Waals surface area contributed by atoms with Crippen molar-refractivity contribution in [2.75, 3.05) is 6.61 Å². The fourth-order valence-electron chi connectivity index (χ4n) is 2.71. The monoisotopic (exact) mass is 289 g/mol. The lowest BCUT2D eigenvalue weighted by Gasteiger charge is -2.23. The molecule has 0 aromatic heterocycles. The minimum Gasteiger partial charge on any atom is -0.462 e. The number of rotatable bonds is 5. The average molecular weight is 289 g/mol. The van der Waals surface area contributed by atoms with Gasteiger partial charge in [0.2, 0.25) is 0 Å². The van der Waals surface area contributed by atoms with Crippen LogP contribution in [0.15, 0.2) is 36.0 Å². The zero-order chi connectivity index (χ0) is 15.1. The lowest BCUT2D eigenvalue weighted by molar-refractivity contribution is -0.140. The van der Waals surface area contributed by atoms with Gasteiger partial charge in [0.25, 0.3) is 5.91 Å². The fraction of sp³-hybridized carbons (Fsp3) is 0.529. The Morgan fingerprint density at radius 1 is 1.19 bits per heavy atom. The van der Waals surface area contributed by atoms with Gasteiger partial charge in [-0.15, -0.1) is 0 Å². The Balaban J connectivity index is 2.06. The lowest BCUT2D eigenvalue weighted by Crippen LogP contribution is -2.39. The highest BCUT2D eigenvalue weighted by atomic mass is 16.5. The van der Waals surface area contributed by atoms with Crippen LogP contribution in [0.5, 0.6) is 0 Å². The number of amides is 1. The molecule has 4 nitrogen and oxygen atoms in total. The first-order valence-corrected chi connectivity index (χ1v) is 7.75. The van der Waals surface area contributed by atoms with Gasteiger partial charge in [-0.05, 0) is 19.8 Å². The third-order valence-electron chi connectivity index (χ3n) is 3.82. The Bertz CT molecular complexity index is 458. The van der Waals surface area contributed by atoms with E-state index in [1.54, 1.807) is 13.0 Å². The molecule has 0 spiro atoms. The van der Waals surface area contributed by atoms with Crippen LogP contribution < -0.4 is 5.32 Å². The second-order valence-electron chi connectivity index (χ2n) is 5.46. The summed E-state index contributed by atoms with van der Waals surface area (Å²) in [7, 11) is 0. The number of allylic oxidation sites excluding steroid dienone is 5. The van der Waals surface area contributed by atoms with Crippen molar-refractivity contribution in [3.63, 3.8) is 0 Å². The third-order valence-corrected chi connectivity index (χ3v) is 3.82. The van der Waals surface area contributed by atoms with Crippen molar-refractivity contribution in [2.24, 2.45) is 5.92 Å². The highest BCUT2D eigenvalue weighted by molar-refractivity contribution is 6.16. The molecule has 0 heterocycles. The predicted molar refractivity (Wildman–Crippen MR) is 81.5 cm³/mol. The van der Waals surface area contributed by atoms with E-state index < -0.39 is 5.97 Å². The van der Waals surface area contributed by atoms with E-state index in [1.807, 2.05) is 24.3 Å². The predicted octanol–water partition coefficient (Wildman–Crippen LogP) is 2.67. The number of hydrogen-bond acceptors (Lipinski definition) is 3. The molecule has 1 fully saturated rings. The quantitative estimate of drug-likeness (QED) is 0.366. The molecule has 0 aliphatic heterocycles. The van der Waals surface area contributed by atoms with Crippen molar-refractivity contribution in [1.82, 2.24) is 5.32 Å². The highest BCUT2D eigenvalue weighted by Gasteiger charge is 2.24. The molecule has 0 aromatic rings. The van der Waals surface area contributed by atoms with Gasteiger partial charge in [0.1, 0.15) is 5.57 Å². The molecular weight excluding hydrogens is 266 g/mol. The van der Waals surface area contributed by atoms with E-state index in [-0.39, 0.29) is 30.0 Å². The van der Waals surface area contributed by atoms with E-state index in [0.29, 0.717) is 0 Å². The Labute approximate surface area is 125 Å². The van der Waals surface area contributed by atoms with Crippen LogP contribution in [0.2, 0.25) is 0 Å². The summed E-state index contributed by atoms with van der Waals surface area (Å²) >= 11 is 0. The molecule has 1 saturated carbocycles. The van der Waals surface area contributed by atoms with Gasteiger partial charge >= 0.3 is 5.97 Å². The minimum atomic E-state index is -0.542. The second-order valence-corrected chi connectivity index (χ2v) is 5.46. The molecule has 0 radical (unpaired) electrons. The summed E-state index contributed by atoms with van der Waals surface area (Å²) in [6, 6.07) is 0.179.